The molecule has 0 bridgehead atoms. The van der Waals surface area contributed by atoms with Gasteiger partial charge in [0.05, 0.1) is 0 Å². The van der Waals surface area contributed by atoms with E-state index in [0.29, 0.717) is 10.7 Å². The molecule has 2 aliphatic rings. The third-order valence-electron chi connectivity index (χ3n) is 3.75. The summed E-state index contributed by atoms with van der Waals surface area (Å²) in [4.78, 5) is 7.70. The van der Waals surface area contributed by atoms with Gasteiger partial charge in [0.15, 0.2) is 4.77 Å². The molecule has 3 rings (SSSR count). The fourth-order valence-electron chi connectivity index (χ4n) is 2.96. The first-order valence-corrected chi connectivity index (χ1v) is 6.62. The van der Waals surface area contributed by atoms with E-state index < -0.39 is 0 Å². The highest BCUT2D eigenvalue weighted by Gasteiger charge is 2.23. The van der Waals surface area contributed by atoms with Crippen LogP contribution in [0.1, 0.15) is 49.3 Å². The maximum Gasteiger partial charge on any atom is 0.198 e. The largest absolute Gasteiger partial charge is 0.369 e. The molecule has 16 heavy (non-hydrogen) atoms. The molecule has 1 saturated carbocycles. The zero-order valence-corrected chi connectivity index (χ0v) is 10.2. The lowest BCUT2D eigenvalue weighted by Gasteiger charge is -2.23. The molecule has 0 amide bonds. The normalized spacial score (nSPS) is 20.5. The van der Waals surface area contributed by atoms with Gasteiger partial charge in [0.1, 0.15) is 5.82 Å². The second-order valence-corrected chi connectivity index (χ2v) is 5.18. The molecule has 0 unspecified atom stereocenters. The van der Waals surface area contributed by atoms with Gasteiger partial charge in [-0.15, -0.1) is 0 Å². The molecule has 3 nitrogen and oxygen atoms in total. The van der Waals surface area contributed by atoms with E-state index in [4.69, 9.17) is 12.2 Å². The first kappa shape index (κ1) is 10.3. The highest BCUT2D eigenvalue weighted by atomic mass is 32.1. The molecule has 0 aromatic carbocycles. The summed E-state index contributed by atoms with van der Waals surface area (Å²) in [6, 6.07) is 0. The fourth-order valence-corrected chi connectivity index (χ4v) is 3.16. The van der Waals surface area contributed by atoms with E-state index in [2.05, 4.69) is 15.3 Å². The summed E-state index contributed by atoms with van der Waals surface area (Å²) < 4.78 is 0.633. The summed E-state index contributed by atoms with van der Waals surface area (Å²) >= 11 is 5.20. The van der Waals surface area contributed by atoms with Crippen LogP contribution in [-0.2, 0) is 6.42 Å². The van der Waals surface area contributed by atoms with Crippen molar-refractivity contribution in [3.05, 3.63) is 16.0 Å². The Kier molecular flexibility index (Phi) is 2.67. The summed E-state index contributed by atoms with van der Waals surface area (Å²) in [5.74, 6) is 1.72. The first-order chi connectivity index (χ1) is 7.84. The first-order valence-electron chi connectivity index (χ1n) is 6.21. The minimum Gasteiger partial charge on any atom is -0.369 e. The molecule has 0 spiro atoms. The number of aromatic amines is 1. The number of rotatable bonds is 1. The number of anilines is 1. The maximum atomic E-state index is 5.20. The van der Waals surface area contributed by atoms with Crippen LogP contribution in [0.25, 0.3) is 0 Å². The standard InChI is InChI=1S/C12H17N3S/c16-12-14-10(8-4-2-1-3-5-8)9-6-7-13-11(9)15-12/h8H,1-7H2,(H2,13,14,15,16). The van der Waals surface area contributed by atoms with Crippen LogP contribution >= 0.6 is 12.2 Å². The summed E-state index contributed by atoms with van der Waals surface area (Å²) in [6.07, 6.45) is 7.82. The number of hydrogen-bond donors (Lipinski definition) is 2. The Morgan fingerprint density at radius 1 is 1.19 bits per heavy atom. The maximum absolute atomic E-state index is 5.20. The second-order valence-electron chi connectivity index (χ2n) is 4.79. The summed E-state index contributed by atoms with van der Waals surface area (Å²) in [7, 11) is 0. The number of aromatic nitrogens is 2. The SMILES string of the molecule is S=c1nc2c(c(C3CCCCC3)[nH]1)CCN2. The van der Waals surface area contributed by atoms with Crippen molar-refractivity contribution in [2.24, 2.45) is 0 Å². The van der Waals surface area contributed by atoms with E-state index in [9.17, 15) is 0 Å². The lowest BCUT2D eigenvalue weighted by atomic mass is 9.85. The molecule has 1 aliphatic carbocycles. The topological polar surface area (TPSA) is 40.7 Å². The Morgan fingerprint density at radius 3 is 2.81 bits per heavy atom. The van der Waals surface area contributed by atoms with Crippen molar-refractivity contribution in [3.63, 3.8) is 0 Å². The lowest BCUT2D eigenvalue weighted by Crippen LogP contribution is -2.10. The average Bonchev–Trinajstić information content (AvgIpc) is 2.77. The molecule has 0 atom stereocenters. The van der Waals surface area contributed by atoms with Crippen LogP contribution in [0.15, 0.2) is 0 Å². The van der Waals surface area contributed by atoms with Gasteiger partial charge >= 0.3 is 0 Å². The highest BCUT2D eigenvalue weighted by molar-refractivity contribution is 7.71. The Hall–Kier alpha value is -0.900. The Labute approximate surface area is 101 Å². The highest BCUT2D eigenvalue weighted by Crippen LogP contribution is 2.36. The van der Waals surface area contributed by atoms with Gasteiger partial charge in [-0.05, 0) is 37.4 Å². The van der Waals surface area contributed by atoms with E-state index in [1.54, 1.807) is 0 Å². The molecule has 2 heterocycles. The number of nitrogens with zero attached hydrogens (tertiary/aromatic N) is 1. The van der Waals surface area contributed by atoms with Gasteiger partial charge in [-0.1, -0.05) is 19.3 Å². The predicted octanol–water partition coefficient (Wildman–Crippen LogP) is 3.15. The molecular weight excluding hydrogens is 218 g/mol. The summed E-state index contributed by atoms with van der Waals surface area (Å²) in [5.41, 5.74) is 2.76. The number of fused-ring (bicyclic) bond motifs is 1. The monoisotopic (exact) mass is 235 g/mol. The molecule has 1 aromatic rings. The van der Waals surface area contributed by atoms with E-state index in [-0.39, 0.29) is 0 Å². The number of hydrogen-bond acceptors (Lipinski definition) is 3. The molecule has 4 heteroatoms. The summed E-state index contributed by atoms with van der Waals surface area (Å²) in [5, 5.41) is 3.32. The van der Waals surface area contributed by atoms with Crippen molar-refractivity contribution < 1.29 is 0 Å². The zero-order valence-electron chi connectivity index (χ0n) is 9.38. The molecular formula is C12H17N3S. The zero-order chi connectivity index (χ0) is 11.0. The average molecular weight is 235 g/mol. The molecule has 0 radical (unpaired) electrons. The molecule has 1 aromatic heterocycles. The van der Waals surface area contributed by atoms with Crippen LogP contribution in [0.3, 0.4) is 0 Å². The molecule has 86 valence electrons. The van der Waals surface area contributed by atoms with Crippen molar-refractivity contribution in [3.8, 4) is 0 Å². The van der Waals surface area contributed by atoms with Crippen LogP contribution in [0.4, 0.5) is 5.82 Å². The van der Waals surface area contributed by atoms with Crippen LogP contribution in [-0.4, -0.2) is 16.5 Å². The van der Waals surface area contributed by atoms with Crippen molar-refractivity contribution in [1.82, 2.24) is 9.97 Å². The van der Waals surface area contributed by atoms with Crippen molar-refractivity contribution in [2.75, 3.05) is 11.9 Å². The minimum absolute atomic E-state index is 0.633. The van der Waals surface area contributed by atoms with Crippen LogP contribution < -0.4 is 5.32 Å². The predicted molar refractivity (Wildman–Crippen MR) is 67.4 cm³/mol. The van der Waals surface area contributed by atoms with Gasteiger partial charge in [-0.3, -0.25) is 0 Å². The quantitative estimate of drug-likeness (QED) is 0.735. The van der Waals surface area contributed by atoms with Crippen LogP contribution in [0.2, 0.25) is 0 Å². The molecule has 0 saturated heterocycles. The van der Waals surface area contributed by atoms with Gasteiger partial charge in [0, 0.05) is 17.8 Å². The van der Waals surface area contributed by atoms with Crippen molar-refractivity contribution in [1.29, 1.82) is 0 Å². The Bertz CT molecular complexity index is 446. The molecule has 1 fully saturated rings. The second kappa shape index (κ2) is 4.17. The van der Waals surface area contributed by atoms with E-state index in [1.807, 2.05) is 0 Å². The van der Waals surface area contributed by atoms with Crippen molar-refractivity contribution in [2.45, 2.75) is 44.4 Å². The van der Waals surface area contributed by atoms with Gasteiger partial charge < -0.3 is 10.3 Å². The number of nitrogens with one attached hydrogen (secondary N) is 2. The minimum atomic E-state index is 0.633. The fraction of sp³-hybridized carbons (Fsp3) is 0.667. The smallest absolute Gasteiger partial charge is 0.198 e. The van der Waals surface area contributed by atoms with E-state index >= 15 is 0 Å². The third kappa shape index (κ3) is 1.75. The lowest BCUT2D eigenvalue weighted by molar-refractivity contribution is 0.434. The van der Waals surface area contributed by atoms with Gasteiger partial charge in [0.2, 0.25) is 0 Å². The van der Waals surface area contributed by atoms with Crippen LogP contribution in [0.5, 0.6) is 0 Å². The Morgan fingerprint density at radius 2 is 2.00 bits per heavy atom. The molecule has 1 aliphatic heterocycles. The van der Waals surface area contributed by atoms with E-state index in [1.165, 1.54) is 43.4 Å². The third-order valence-corrected chi connectivity index (χ3v) is 3.94. The summed E-state index contributed by atoms with van der Waals surface area (Å²) in [6.45, 7) is 1.01. The Balaban J connectivity index is 2.02. The van der Waals surface area contributed by atoms with Crippen molar-refractivity contribution >= 4 is 18.0 Å². The van der Waals surface area contributed by atoms with E-state index in [0.717, 1.165) is 18.8 Å². The van der Waals surface area contributed by atoms with Gasteiger partial charge in [-0.25, -0.2) is 4.98 Å². The van der Waals surface area contributed by atoms with Gasteiger partial charge in [0.25, 0.3) is 0 Å². The number of H-pyrrole nitrogens is 1. The molecule has 2 N–H and O–H groups in total. The van der Waals surface area contributed by atoms with Gasteiger partial charge in [-0.2, -0.15) is 0 Å². The van der Waals surface area contributed by atoms with Crippen LogP contribution in [0, 0.1) is 4.77 Å².